The molecule has 1 aromatic rings. The van der Waals surface area contributed by atoms with Gasteiger partial charge in [-0.25, -0.2) is 4.79 Å². The third-order valence-electron chi connectivity index (χ3n) is 3.91. The Hall–Kier alpha value is -1.63. The molecule has 0 aliphatic carbocycles. The van der Waals surface area contributed by atoms with Gasteiger partial charge in [0.25, 0.3) is 0 Å². The van der Waals surface area contributed by atoms with Gasteiger partial charge in [0.15, 0.2) is 6.29 Å². The van der Waals surface area contributed by atoms with Gasteiger partial charge in [0.2, 0.25) is 0 Å². The van der Waals surface area contributed by atoms with E-state index >= 15 is 0 Å². The molecule has 1 N–H and O–H groups in total. The molecule has 0 bridgehead atoms. The normalized spacial score (nSPS) is 16.7. The minimum atomic E-state index is -1.04. The maximum atomic E-state index is 12.0. The Bertz CT molecular complexity index is 566. The van der Waals surface area contributed by atoms with Crippen molar-refractivity contribution in [2.75, 3.05) is 26.3 Å². The second kappa shape index (κ2) is 7.72. The van der Waals surface area contributed by atoms with E-state index in [4.69, 9.17) is 14.2 Å². The minimum Gasteiger partial charge on any atom is -0.444 e. The molecule has 0 spiro atoms. The van der Waals surface area contributed by atoms with Crippen LogP contribution in [-0.4, -0.2) is 48.0 Å². The molecule has 1 saturated heterocycles. The predicted molar refractivity (Wildman–Crippen MR) is 94.1 cm³/mol. The second-order valence-corrected chi connectivity index (χ2v) is 7.23. The molecule has 1 aliphatic heterocycles. The monoisotopic (exact) mass is 351 g/mol. The van der Waals surface area contributed by atoms with Crippen LogP contribution < -0.4 is 0 Å². The van der Waals surface area contributed by atoms with E-state index in [2.05, 4.69) is 0 Å². The largest absolute Gasteiger partial charge is 0.444 e. The number of ether oxygens (including phenoxy) is 3. The molecule has 1 aromatic carbocycles. The van der Waals surface area contributed by atoms with E-state index in [1.54, 1.807) is 0 Å². The summed E-state index contributed by atoms with van der Waals surface area (Å²) in [6.45, 7) is 10.9. The number of nitrogens with zero attached hydrogens (tertiary/aromatic N) is 1. The Morgan fingerprint density at radius 3 is 2.12 bits per heavy atom. The van der Waals surface area contributed by atoms with Crippen LogP contribution in [0.1, 0.15) is 52.0 Å². The molecule has 0 radical (unpaired) electrons. The minimum absolute atomic E-state index is 0.224. The number of amides is 1. The van der Waals surface area contributed by atoms with Crippen LogP contribution in [0.4, 0.5) is 4.79 Å². The van der Waals surface area contributed by atoms with Crippen molar-refractivity contribution in [2.45, 2.75) is 52.1 Å². The summed E-state index contributed by atoms with van der Waals surface area (Å²) in [5.41, 5.74) is 0.0875. The maximum Gasteiger partial charge on any atom is 0.410 e. The van der Waals surface area contributed by atoms with E-state index in [0.29, 0.717) is 13.2 Å². The van der Waals surface area contributed by atoms with Gasteiger partial charge in [-0.1, -0.05) is 24.3 Å². The zero-order chi connectivity index (χ0) is 18.7. The van der Waals surface area contributed by atoms with Crippen LogP contribution >= 0.6 is 0 Å². The van der Waals surface area contributed by atoms with Crippen LogP contribution in [0.5, 0.6) is 0 Å². The molecule has 140 valence electrons. The third-order valence-corrected chi connectivity index (χ3v) is 3.91. The lowest BCUT2D eigenvalue weighted by Crippen LogP contribution is -2.61. The number of aliphatic hydroxyl groups is 1. The van der Waals surface area contributed by atoms with Crippen molar-refractivity contribution < 1.29 is 24.1 Å². The second-order valence-electron chi connectivity index (χ2n) is 7.23. The Morgan fingerprint density at radius 1 is 1.16 bits per heavy atom. The summed E-state index contributed by atoms with van der Waals surface area (Å²) < 4.78 is 16.5. The van der Waals surface area contributed by atoms with Crippen molar-refractivity contribution in [3.05, 3.63) is 35.4 Å². The van der Waals surface area contributed by atoms with Gasteiger partial charge >= 0.3 is 6.09 Å². The highest BCUT2D eigenvalue weighted by molar-refractivity contribution is 5.70. The van der Waals surface area contributed by atoms with Crippen molar-refractivity contribution in [3.63, 3.8) is 0 Å². The Labute approximate surface area is 149 Å². The molecule has 25 heavy (non-hydrogen) atoms. The Balaban J connectivity index is 2.00. The molecule has 1 amide bonds. The molecule has 1 aliphatic rings. The van der Waals surface area contributed by atoms with Crippen molar-refractivity contribution >= 4 is 6.09 Å². The fourth-order valence-corrected chi connectivity index (χ4v) is 2.72. The summed E-state index contributed by atoms with van der Waals surface area (Å²) in [5.74, 6) is 0. The third kappa shape index (κ3) is 4.93. The van der Waals surface area contributed by atoms with Crippen molar-refractivity contribution in [1.29, 1.82) is 0 Å². The fraction of sp³-hybridized carbons (Fsp3) is 0.632. The van der Waals surface area contributed by atoms with Gasteiger partial charge in [0, 0.05) is 18.8 Å². The SMILES string of the molecule is CCOC(OCC)c1ccc(C2(O)CN(C(=O)OC(C)(C)C)C2)cc1. The topological polar surface area (TPSA) is 68.2 Å². The van der Waals surface area contributed by atoms with Gasteiger partial charge in [-0.3, -0.25) is 0 Å². The van der Waals surface area contributed by atoms with Crippen molar-refractivity contribution in [3.8, 4) is 0 Å². The Kier molecular flexibility index (Phi) is 6.08. The summed E-state index contributed by atoms with van der Waals surface area (Å²) in [7, 11) is 0. The first-order valence-electron chi connectivity index (χ1n) is 8.72. The molecule has 6 nitrogen and oxygen atoms in total. The molecule has 0 atom stereocenters. The summed E-state index contributed by atoms with van der Waals surface area (Å²) in [4.78, 5) is 13.5. The highest BCUT2D eigenvalue weighted by Gasteiger charge is 2.46. The average molecular weight is 351 g/mol. The average Bonchev–Trinajstić information content (AvgIpc) is 2.50. The van der Waals surface area contributed by atoms with Gasteiger partial charge in [-0.15, -0.1) is 0 Å². The number of benzene rings is 1. The summed E-state index contributed by atoms with van der Waals surface area (Å²) in [6, 6.07) is 7.48. The van der Waals surface area contributed by atoms with E-state index < -0.39 is 23.6 Å². The molecule has 6 heteroatoms. The first-order chi connectivity index (χ1) is 11.7. The van der Waals surface area contributed by atoms with Crippen LogP contribution in [0.15, 0.2) is 24.3 Å². The van der Waals surface area contributed by atoms with E-state index in [1.165, 1.54) is 4.90 Å². The summed E-state index contributed by atoms with van der Waals surface area (Å²) >= 11 is 0. The van der Waals surface area contributed by atoms with Gasteiger partial charge in [-0.2, -0.15) is 0 Å². The number of β-amino-alcohol motifs (C(OH)–C–C–N with tert-alkyl or cyclic N) is 1. The fourth-order valence-electron chi connectivity index (χ4n) is 2.72. The number of hydrogen-bond acceptors (Lipinski definition) is 5. The number of hydrogen-bond donors (Lipinski definition) is 1. The molecular weight excluding hydrogens is 322 g/mol. The van der Waals surface area contributed by atoms with Crippen molar-refractivity contribution in [1.82, 2.24) is 4.90 Å². The van der Waals surface area contributed by atoms with E-state index in [9.17, 15) is 9.90 Å². The van der Waals surface area contributed by atoms with Crippen LogP contribution in [0.3, 0.4) is 0 Å². The molecule has 1 fully saturated rings. The maximum absolute atomic E-state index is 12.0. The smallest absolute Gasteiger partial charge is 0.410 e. The molecule has 0 saturated carbocycles. The first-order valence-corrected chi connectivity index (χ1v) is 8.72. The van der Waals surface area contributed by atoms with Crippen LogP contribution in [-0.2, 0) is 19.8 Å². The van der Waals surface area contributed by atoms with E-state index in [-0.39, 0.29) is 13.1 Å². The summed E-state index contributed by atoms with van der Waals surface area (Å²) in [6.07, 6.45) is -0.806. The Morgan fingerprint density at radius 2 is 1.68 bits per heavy atom. The van der Waals surface area contributed by atoms with E-state index in [1.807, 2.05) is 58.9 Å². The molecule has 0 aromatic heterocycles. The highest BCUT2D eigenvalue weighted by Crippen LogP contribution is 2.33. The standard InChI is InChI=1S/C19H29NO5/c1-6-23-16(24-7-2)14-8-10-15(11-9-14)19(22)12-20(13-19)17(21)25-18(3,4)5/h8-11,16,22H,6-7,12-13H2,1-5H3. The molecule has 2 rings (SSSR count). The molecule has 1 heterocycles. The molecule has 0 unspecified atom stereocenters. The van der Waals surface area contributed by atoms with Crippen LogP contribution in [0.25, 0.3) is 0 Å². The van der Waals surface area contributed by atoms with Gasteiger partial charge in [0.1, 0.15) is 11.2 Å². The van der Waals surface area contributed by atoms with E-state index in [0.717, 1.165) is 11.1 Å². The predicted octanol–water partition coefficient (Wildman–Crippen LogP) is 3.20. The van der Waals surface area contributed by atoms with Crippen molar-refractivity contribution in [2.24, 2.45) is 0 Å². The van der Waals surface area contributed by atoms with Gasteiger partial charge in [0.05, 0.1) is 13.1 Å². The molecular formula is C19H29NO5. The number of carbonyl (C=O) groups excluding carboxylic acids is 1. The zero-order valence-electron chi connectivity index (χ0n) is 15.7. The zero-order valence-corrected chi connectivity index (χ0v) is 15.7. The van der Waals surface area contributed by atoms with Gasteiger partial charge < -0.3 is 24.2 Å². The number of carbonyl (C=O) groups is 1. The lowest BCUT2D eigenvalue weighted by molar-refractivity contribution is -0.140. The lowest BCUT2D eigenvalue weighted by Gasteiger charge is -2.46. The number of rotatable bonds is 6. The quantitative estimate of drug-likeness (QED) is 0.797. The van der Waals surface area contributed by atoms with Crippen LogP contribution in [0.2, 0.25) is 0 Å². The lowest BCUT2D eigenvalue weighted by atomic mass is 9.86. The number of likely N-dealkylation sites (tertiary alicyclic amines) is 1. The summed E-state index contributed by atoms with van der Waals surface area (Å²) in [5, 5.41) is 10.7. The first kappa shape index (κ1) is 19.7. The van der Waals surface area contributed by atoms with Crippen LogP contribution in [0, 0.1) is 0 Å². The van der Waals surface area contributed by atoms with Gasteiger partial charge in [-0.05, 0) is 40.2 Å². The highest BCUT2D eigenvalue weighted by atomic mass is 16.7.